The van der Waals surface area contributed by atoms with Crippen molar-refractivity contribution >= 4 is 45.6 Å². The lowest BCUT2D eigenvalue weighted by Crippen LogP contribution is -2.22. The number of thiophene rings is 1. The average molecular weight is 480 g/mol. The molecule has 0 spiro atoms. The van der Waals surface area contributed by atoms with Gasteiger partial charge in [0.2, 0.25) is 0 Å². The maximum absolute atomic E-state index is 14.7. The maximum Gasteiger partial charge on any atom is 0.271 e. The Labute approximate surface area is 198 Å². The molecule has 4 aromatic rings. The first-order valence-electron chi connectivity index (χ1n) is 10.7. The van der Waals surface area contributed by atoms with E-state index in [2.05, 4.69) is 19.8 Å². The Morgan fingerprint density at radius 3 is 2.94 bits per heavy atom. The lowest BCUT2D eigenvalue weighted by atomic mass is 9.82. The molecule has 0 aliphatic heterocycles. The van der Waals surface area contributed by atoms with Crippen LogP contribution in [0.3, 0.4) is 0 Å². The first-order valence-corrected chi connectivity index (χ1v) is 11.9. The largest absolute Gasteiger partial charge is 0.361 e. The van der Waals surface area contributed by atoms with E-state index in [1.165, 1.54) is 17.4 Å². The molecular formula is C24H19ClFN5OS. The van der Waals surface area contributed by atoms with Crippen LogP contribution in [0.25, 0.3) is 27.4 Å². The molecule has 0 aromatic carbocycles. The second-order valence-corrected chi connectivity index (χ2v) is 9.91. The maximum atomic E-state index is 14.7. The van der Waals surface area contributed by atoms with Crippen LogP contribution >= 0.6 is 22.9 Å². The number of rotatable bonds is 5. The van der Waals surface area contributed by atoms with E-state index in [1.807, 2.05) is 4.57 Å². The van der Waals surface area contributed by atoms with Gasteiger partial charge in [0.05, 0.1) is 14.7 Å². The number of hydrogen-bond acceptors (Lipinski definition) is 5. The van der Waals surface area contributed by atoms with E-state index in [0.29, 0.717) is 27.0 Å². The van der Waals surface area contributed by atoms with Gasteiger partial charge in [-0.1, -0.05) is 24.6 Å². The highest BCUT2D eigenvalue weighted by molar-refractivity contribution is 7.18. The number of Topliss-reactive ketones (excluding diaryl/α,β-unsaturated/α-hetero) is 1. The first kappa shape index (κ1) is 21.7. The fourth-order valence-corrected chi connectivity index (χ4v) is 5.63. The van der Waals surface area contributed by atoms with Crippen molar-refractivity contribution in [2.24, 2.45) is 5.92 Å². The molecule has 166 valence electrons. The van der Waals surface area contributed by atoms with Crippen LogP contribution in [0.5, 0.6) is 0 Å². The van der Waals surface area contributed by atoms with E-state index in [-0.39, 0.29) is 29.3 Å². The van der Waals surface area contributed by atoms with Gasteiger partial charge in [0, 0.05) is 18.7 Å². The number of hydrogen-bond donors (Lipinski definition) is 0. The molecule has 5 rings (SSSR count). The summed E-state index contributed by atoms with van der Waals surface area (Å²) in [7, 11) is 0. The zero-order chi connectivity index (χ0) is 22.9. The fourth-order valence-electron chi connectivity index (χ4n) is 4.64. The minimum absolute atomic E-state index is 0.0190. The van der Waals surface area contributed by atoms with E-state index < -0.39 is 5.82 Å². The Kier molecular flexibility index (Phi) is 5.92. The number of pyridine rings is 2. The van der Waals surface area contributed by atoms with Crippen LogP contribution in [0.1, 0.15) is 47.8 Å². The van der Waals surface area contributed by atoms with Crippen molar-refractivity contribution in [1.82, 2.24) is 19.5 Å². The molecule has 0 saturated heterocycles. The van der Waals surface area contributed by atoms with E-state index in [9.17, 15) is 9.18 Å². The highest BCUT2D eigenvalue weighted by atomic mass is 35.5. The molecule has 0 unspecified atom stereocenters. The smallest absolute Gasteiger partial charge is 0.271 e. The van der Waals surface area contributed by atoms with Gasteiger partial charge in [-0.25, -0.2) is 14.4 Å². The molecule has 1 aliphatic rings. The van der Waals surface area contributed by atoms with E-state index in [1.54, 1.807) is 36.7 Å². The summed E-state index contributed by atoms with van der Waals surface area (Å²) in [6.07, 6.45) is 7.18. The zero-order valence-corrected chi connectivity index (χ0v) is 19.1. The van der Waals surface area contributed by atoms with Gasteiger partial charge >= 0.3 is 0 Å². The summed E-state index contributed by atoms with van der Waals surface area (Å²) >= 11 is 7.31. The average Bonchev–Trinajstić information content (AvgIpc) is 3.42. The summed E-state index contributed by atoms with van der Waals surface area (Å²) in [6, 6.07) is 8.08. The molecule has 2 atom stereocenters. The van der Waals surface area contributed by atoms with Crippen LogP contribution in [-0.4, -0.2) is 25.3 Å². The molecule has 9 heteroatoms. The third-order valence-corrected chi connectivity index (χ3v) is 7.36. The lowest BCUT2D eigenvalue weighted by molar-refractivity contribution is 0.0946. The zero-order valence-electron chi connectivity index (χ0n) is 17.5. The molecule has 0 bridgehead atoms. The van der Waals surface area contributed by atoms with Gasteiger partial charge in [-0.05, 0) is 55.5 Å². The monoisotopic (exact) mass is 479 g/mol. The number of imidazole rings is 1. The topological polar surface area (TPSA) is 65.0 Å². The van der Waals surface area contributed by atoms with Crippen molar-refractivity contribution in [3.63, 3.8) is 0 Å². The second kappa shape index (κ2) is 9.00. The number of ketones is 1. The highest BCUT2D eigenvalue weighted by Gasteiger charge is 2.30. The molecule has 4 aromatic heterocycles. The molecule has 1 saturated carbocycles. The van der Waals surface area contributed by atoms with Crippen LogP contribution in [0.15, 0.2) is 42.7 Å². The number of nitrogens with zero attached hydrogens (tertiary/aromatic N) is 5. The summed E-state index contributed by atoms with van der Waals surface area (Å²) in [5.41, 5.74) is 1.50. The Bertz CT molecular complexity index is 1390. The number of carbonyl (C=O) groups excluding carboxylic acids is 1. The third-order valence-electron chi connectivity index (χ3n) is 6.09. The van der Waals surface area contributed by atoms with Crippen LogP contribution in [-0.2, 0) is 0 Å². The third kappa shape index (κ3) is 4.26. The van der Waals surface area contributed by atoms with Gasteiger partial charge in [0.15, 0.2) is 17.4 Å². The van der Waals surface area contributed by atoms with Crippen molar-refractivity contribution in [2.45, 2.75) is 38.1 Å². The quantitative estimate of drug-likeness (QED) is 0.230. The number of carbonyl (C=O) groups is 1. The summed E-state index contributed by atoms with van der Waals surface area (Å²) in [5.74, 6) is 0.513. The molecule has 0 amide bonds. The van der Waals surface area contributed by atoms with Crippen molar-refractivity contribution in [3.8, 4) is 11.5 Å². The Balaban J connectivity index is 1.51. The number of aromatic nitrogens is 4. The summed E-state index contributed by atoms with van der Waals surface area (Å²) < 4.78 is 17.3. The summed E-state index contributed by atoms with van der Waals surface area (Å²) in [5, 5.41) is 0. The Morgan fingerprint density at radius 2 is 2.18 bits per heavy atom. The Hall–Kier alpha value is -3.15. The van der Waals surface area contributed by atoms with Gasteiger partial charge in [0.1, 0.15) is 17.4 Å². The number of halogens is 2. The van der Waals surface area contributed by atoms with E-state index in [4.69, 9.17) is 18.2 Å². The van der Waals surface area contributed by atoms with Crippen LogP contribution in [0.2, 0.25) is 4.34 Å². The fraction of sp³-hybridized carbons (Fsp3) is 0.292. The predicted molar refractivity (Wildman–Crippen MR) is 126 cm³/mol. The van der Waals surface area contributed by atoms with Crippen molar-refractivity contribution in [3.05, 3.63) is 69.2 Å². The van der Waals surface area contributed by atoms with Crippen molar-refractivity contribution in [2.75, 3.05) is 0 Å². The second-order valence-electron chi connectivity index (χ2n) is 8.20. The predicted octanol–water partition coefficient (Wildman–Crippen LogP) is 6.90. The van der Waals surface area contributed by atoms with Crippen LogP contribution < -0.4 is 0 Å². The van der Waals surface area contributed by atoms with Gasteiger partial charge < -0.3 is 9.41 Å². The van der Waals surface area contributed by atoms with Crippen molar-refractivity contribution < 1.29 is 9.18 Å². The van der Waals surface area contributed by atoms with Gasteiger partial charge in [0.25, 0.3) is 5.82 Å². The van der Waals surface area contributed by atoms with Crippen LogP contribution in [0.4, 0.5) is 10.2 Å². The van der Waals surface area contributed by atoms with Gasteiger partial charge in [-0.3, -0.25) is 4.79 Å². The van der Waals surface area contributed by atoms with E-state index >= 15 is 0 Å². The molecular weight excluding hydrogens is 461 g/mol. The summed E-state index contributed by atoms with van der Waals surface area (Å²) in [4.78, 5) is 30.0. The van der Waals surface area contributed by atoms with Gasteiger partial charge in [-0.2, -0.15) is 0 Å². The molecule has 4 heterocycles. The molecule has 33 heavy (non-hydrogen) atoms. The summed E-state index contributed by atoms with van der Waals surface area (Å²) in [6.45, 7) is 7.25. The molecule has 6 nitrogen and oxygen atoms in total. The van der Waals surface area contributed by atoms with Gasteiger partial charge in [-0.15, -0.1) is 16.3 Å². The van der Waals surface area contributed by atoms with E-state index in [0.717, 1.165) is 31.2 Å². The first-order chi connectivity index (χ1) is 16.0. The molecule has 0 radical (unpaired) electrons. The van der Waals surface area contributed by atoms with Crippen molar-refractivity contribution in [1.29, 1.82) is 0 Å². The minimum Gasteiger partial charge on any atom is -0.361 e. The Morgan fingerprint density at radius 1 is 1.30 bits per heavy atom. The lowest BCUT2D eigenvalue weighted by Gasteiger charge is -2.31. The minimum atomic E-state index is -0.454. The molecule has 1 aliphatic carbocycles. The van der Waals surface area contributed by atoms with Crippen LogP contribution in [0, 0.1) is 18.3 Å². The normalized spacial score (nSPS) is 18.3. The molecule has 0 N–H and O–H groups in total. The highest BCUT2D eigenvalue weighted by Crippen LogP contribution is 2.40. The molecule has 1 fully saturated rings. The standard InChI is InChI=1S/C24H19ClFN5OS/c1-27-22-12-17-18(13-29-22)31(24(30-17)23-16(26)6-3-9-28-23)15-5-2-4-14(10-15)11-19(32)20-7-8-21(25)33-20/h3,6-9,12-15H,2,4-5,10-11H2/t14-,15+/m1/s1. The number of fused-ring (bicyclic) bond motifs is 1. The SMILES string of the molecule is [C-]#[N+]c1cc2nc(-c3ncccc3F)n([C@H]3CCC[C@@H](CC(=O)c4ccc(Cl)s4)C3)c2cn1.